The molecule has 1 aliphatic heterocycles. The van der Waals surface area contributed by atoms with Gasteiger partial charge in [-0.05, 0) is 85.9 Å². The highest BCUT2D eigenvalue weighted by Crippen LogP contribution is 2.56. The van der Waals surface area contributed by atoms with Gasteiger partial charge in [0.25, 0.3) is 0 Å². The molecule has 1 N–H and O–H groups in total. The number of allylic oxidation sites excluding steroid dienone is 6. The number of hydrogen-bond donors (Lipinski definition) is 1. The van der Waals surface area contributed by atoms with Gasteiger partial charge in [0.2, 0.25) is 11.8 Å². The van der Waals surface area contributed by atoms with E-state index < -0.39 is 23.7 Å². The first-order chi connectivity index (χ1) is 23.1. The van der Waals surface area contributed by atoms with Crippen molar-refractivity contribution in [2.45, 2.75) is 25.7 Å². The van der Waals surface area contributed by atoms with E-state index >= 15 is 0 Å². The molecule has 48 heavy (non-hydrogen) atoms. The van der Waals surface area contributed by atoms with Gasteiger partial charge in [0.05, 0.1) is 31.7 Å². The summed E-state index contributed by atoms with van der Waals surface area (Å²) in [5, 5.41) is 11.0. The fraction of sp³-hybridized carbons (Fsp3) is 0.231. The van der Waals surface area contributed by atoms with Gasteiger partial charge < -0.3 is 14.6 Å². The molecule has 8 nitrogen and oxygen atoms in total. The third-order valence-electron chi connectivity index (χ3n) is 9.91. The molecule has 2 amide bonds. The highest BCUT2D eigenvalue weighted by Gasteiger charge is 2.56. The van der Waals surface area contributed by atoms with E-state index in [0.29, 0.717) is 50.4 Å². The van der Waals surface area contributed by atoms with Crippen LogP contribution in [0.1, 0.15) is 42.4 Å². The molecule has 3 aromatic carbocycles. The first-order valence-corrected chi connectivity index (χ1v) is 16.5. The normalized spacial score (nSPS) is 23.5. The second kappa shape index (κ2) is 12.2. The fourth-order valence-electron chi connectivity index (χ4n) is 7.64. The van der Waals surface area contributed by atoms with E-state index in [1.165, 1.54) is 11.0 Å². The summed E-state index contributed by atoms with van der Waals surface area (Å²) >= 11 is 3.48. The van der Waals surface area contributed by atoms with Crippen molar-refractivity contribution in [1.82, 2.24) is 0 Å². The van der Waals surface area contributed by atoms with E-state index in [1.807, 2.05) is 48.6 Å². The lowest BCUT2D eigenvalue weighted by Gasteiger charge is -2.42. The molecule has 4 atom stereocenters. The summed E-state index contributed by atoms with van der Waals surface area (Å²) in [5.74, 6) is -2.26. The SMILES string of the molecule is COc1ccc(OC)c(C=Cc2ccc(N3C(=O)[C@H]4[C@H](CC=C5[C@H](c6cc(Br)ccc6O)C6=C(C[C@H]54)C(=O)C(C)=CC6=O)C3=O)cc2)c1. The van der Waals surface area contributed by atoms with Crippen LogP contribution in [0.2, 0.25) is 0 Å². The number of carbonyl (C=O) groups excluding carboxylic acids is 4. The zero-order chi connectivity index (χ0) is 33.9. The number of aromatic hydroxyl groups is 1. The van der Waals surface area contributed by atoms with Crippen molar-refractivity contribution in [2.75, 3.05) is 19.1 Å². The number of phenolic OH excluding ortho intramolecular Hbond substituents is 1. The highest BCUT2D eigenvalue weighted by molar-refractivity contribution is 9.10. The van der Waals surface area contributed by atoms with Gasteiger partial charge in [0.1, 0.15) is 17.2 Å². The first-order valence-electron chi connectivity index (χ1n) is 15.7. The van der Waals surface area contributed by atoms with Crippen molar-refractivity contribution in [3.63, 3.8) is 0 Å². The van der Waals surface area contributed by atoms with Crippen molar-refractivity contribution in [3.05, 3.63) is 116 Å². The van der Waals surface area contributed by atoms with Crippen LogP contribution in [0.3, 0.4) is 0 Å². The van der Waals surface area contributed by atoms with Crippen LogP contribution in [0.15, 0.2) is 99.6 Å². The van der Waals surface area contributed by atoms with E-state index in [2.05, 4.69) is 15.9 Å². The van der Waals surface area contributed by atoms with Gasteiger partial charge in [-0.3, -0.25) is 24.1 Å². The van der Waals surface area contributed by atoms with Gasteiger partial charge in [-0.2, -0.15) is 0 Å². The topological polar surface area (TPSA) is 110 Å². The van der Waals surface area contributed by atoms with E-state index in [4.69, 9.17) is 9.47 Å². The quantitative estimate of drug-likeness (QED) is 0.128. The molecule has 242 valence electrons. The van der Waals surface area contributed by atoms with Gasteiger partial charge in [0, 0.05) is 38.2 Å². The van der Waals surface area contributed by atoms with Gasteiger partial charge in [0.15, 0.2) is 11.6 Å². The third kappa shape index (κ3) is 5.13. The van der Waals surface area contributed by atoms with Crippen LogP contribution in [-0.2, 0) is 19.2 Å². The number of fused-ring (bicyclic) bond motifs is 3. The summed E-state index contributed by atoms with van der Waals surface area (Å²) in [5.41, 5.74) is 4.46. The van der Waals surface area contributed by atoms with Crippen molar-refractivity contribution < 1.29 is 33.8 Å². The largest absolute Gasteiger partial charge is 0.508 e. The van der Waals surface area contributed by atoms with Crippen molar-refractivity contribution >= 4 is 57.2 Å². The Hall–Kier alpha value is -5.02. The maximum Gasteiger partial charge on any atom is 0.238 e. The molecule has 0 saturated carbocycles. The first kappa shape index (κ1) is 31.6. The summed E-state index contributed by atoms with van der Waals surface area (Å²) in [6.45, 7) is 1.61. The Kier molecular flexibility index (Phi) is 8.03. The molecule has 0 aromatic heterocycles. The summed E-state index contributed by atoms with van der Waals surface area (Å²) in [4.78, 5) is 56.4. The molecule has 0 unspecified atom stereocenters. The number of benzene rings is 3. The highest BCUT2D eigenvalue weighted by atomic mass is 79.9. The smallest absolute Gasteiger partial charge is 0.238 e. The van der Waals surface area contributed by atoms with Crippen molar-refractivity contribution in [3.8, 4) is 17.2 Å². The Bertz CT molecular complexity index is 2040. The molecule has 3 aromatic rings. The fourth-order valence-corrected chi connectivity index (χ4v) is 8.02. The molecule has 3 aliphatic carbocycles. The van der Waals surface area contributed by atoms with Crippen LogP contribution < -0.4 is 14.4 Å². The van der Waals surface area contributed by atoms with Crippen LogP contribution in [0.4, 0.5) is 5.69 Å². The summed E-state index contributed by atoms with van der Waals surface area (Å²) in [7, 11) is 3.21. The second-order valence-corrected chi connectivity index (χ2v) is 13.4. The molecule has 4 aliphatic rings. The Morgan fingerprint density at radius 2 is 1.67 bits per heavy atom. The number of imide groups is 1. The summed E-state index contributed by atoms with van der Waals surface area (Å²) in [6.07, 6.45) is 7.60. The lowest BCUT2D eigenvalue weighted by molar-refractivity contribution is -0.123. The Morgan fingerprint density at radius 3 is 2.40 bits per heavy atom. The standard InChI is InChI=1S/C39H32BrNO7/c1-20-16-32(43)36-30(37(20)44)19-28-26(34(36)29-18-23(40)8-14-31(29)42)12-13-27-35(28)39(46)41(38(27)45)24-9-5-21(6-10-24)4-7-22-17-25(47-2)11-15-33(22)48-3/h4-12,14-18,27-28,34-35,42H,13,19H2,1-3H3/t27-,28+,34+,35-/m0/s1. The van der Waals surface area contributed by atoms with Crippen LogP contribution in [0.25, 0.3) is 12.2 Å². The molecular weight excluding hydrogens is 674 g/mol. The number of hydrogen-bond acceptors (Lipinski definition) is 7. The number of nitrogens with zero attached hydrogens (tertiary/aromatic N) is 1. The molecule has 0 bridgehead atoms. The molecule has 1 saturated heterocycles. The Morgan fingerprint density at radius 1 is 0.896 bits per heavy atom. The molecule has 7 rings (SSSR count). The van der Waals surface area contributed by atoms with E-state index in [0.717, 1.165) is 16.7 Å². The average Bonchev–Trinajstić information content (AvgIpc) is 3.35. The van der Waals surface area contributed by atoms with Crippen LogP contribution in [-0.4, -0.2) is 42.7 Å². The lowest BCUT2D eigenvalue weighted by Crippen LogP contribution is -2.39. The minimum absolute atomic E-state index is 0.0142. The number of anilines is 1. The lowest BCUT2D eigenvalue weighted by atomic mass is 9.59. The number of phenols is 1. The second-order valence-electron chi connectivity index (χ2n) is 12.5. The van der Waals surface area contributed by atoms with Gasteiger partial charge in [-0.15, -0.1) is 0 Å². The van der Waals surface area contributed by atoms with E-state index in [9.17, 15) is 24.3 Å². The van der Waals surface area contributed by atoms with Gasteiger partial charge >= 0.3 is 0 Å². The molecular formula is C39H32BrNO7. The minimum Gasteiger partial charge on any atom is -0.508 e. The number of rotatable bonds is 6. The number of carbonyl (C=O) groups is 4. The number of ether oxygens (including phenoxy) is 2. The maximum absolute atomic E-state index is 14.3. The Balaban J connectivity index is 1.21. The number of Topliss-reactive ketones (excluding diaryl/α,β-unsaturated/α-hetero) is 1. The van der Waals surface area contributed by atoms with Crippen molar-refractivity contribution in [2.24, 2.45) is 17.8 Å². The third-order valence-corrected chi connectivity index (χ3v) is 10.4. The van der Waals surface area contributed by atoms with Crippen molar-refractivity contribution in [1.29, 1.82) is 0 Å². The number of halogens is 1. The minimum atomic E-state index is -0.718. The van der Waals surface area contributed by atoms with Gasteiger partial charge in [-0.25, -0.2) is 0 Å². The number of methoxy groups -OCH3 is 2. The number of ketones is 2. The van der Waals surface area contributed by atoms with Gasteiger partial charge in [-0.1, -0.05) is 51.9 Å². The predicted molar refractivity (Wildman–Crippen MR) is 185 cm³/mol. The zero-order valence-corrected chi connectivity index (χ0v) is 28.1. The van der Waals surface area contributed by atoms with E-state index in [-0.39, 0.29) is 35.6 Å². The number of amides is 2. The monoisotopic (exact) mass is 705 g/mol. The molecule has 0 radical (unpaired) electrons. The van der Waals surface area contributed by atoms with E-state index in [1.54, 1.807) is 51.5 Å². The zero-order valence-electron chi connectivity index (χ0n) is 26.5. The molecule has 1 fully saturated rings. The van der Waals surface area contributed by atoms with Crippen LogP contribution in [0, 0.1) is 17.8 Å². The molecule has 0 spiro atoms. The maximum atomic E-state index is 14.3. The summed E-state index contributed by atoms with van der Waals surface area (Å²) in [6, 6.07) is 17.7. The molecule has 1 heterocycles. The molecule has 9 heteroatoms. The predicted octanol–water partition coefficient (Wildman–Crippen LogP) is 6.98. The average molecular weight is 707 g/mol. The summed E-state index contributed by atoms with van der Waals surface area (Å²) < 4.78 is 11.5. The Labute approximate surface area is 286 Å². The van der Waals surface area contributed by atoms with Crippen LogP contribution >= 0.6 is 15.9 Å². The van der Waals surface area contributed by atoms with Crippen LogP contribution in [0.5, 0.6) is 17.2 Å².